The number of nitrogens with two attached hydrogens (primary N) is 1. The number of halogens is 2. The van der Waals surface area contributed by atoms with Crippen molar-refractivity contribution in [3.05, 3.63) is 29.7 Å². The van der Waals surface area contributed by atoms with Crippen molar-refractivity contribution in [2.24, 2.45) is 11.7 Å². The van der Waals surface area contributed by atoms with Gasteiger partial charge in [0.15, 0.2) is 5.65 Å². The van der Waals surface area contributed by atoms with Gasteiger partial charge in [-0.05, 0) is 58.1 Å². The summed E-state index contributed by atoms with van der Waals surface area (Å²) in [6.45, 7) is 7.17. The highest BCUT2D eigenvalue weighted by Crippen LogP contribution is 2.41. The van der Waals surface area contributed by atoms with Gasteiger partial charge in [0.2, 0.25) is 5.92 Å². The maximum Gasteiger partial charge on any atom is 0.408 e. The van der Waals surface area contributed by atoms with Gasteiger partial charge >= 0.3 is 6.09 Å². The molecule has 1 aliphatic carbocycles. The zero-order chi connectivity index (χ0) is 21.4. The molecule has 29 heavy (non-hydrogen) atoms. The van der Waals surface area contributed by atoms with Crippen LogP contribution in [0.3, 0.4) is 0 Å². The topological polar surface area (TPSA) is 94.5 Å². The van der Waals surface area contributed by atoms with Crippen LogP contribution in [0.15, 0.2) is 18.5 Å². The van der Waals surface area contributed by atoms with E-state index in [-0.39, 0.29) is 24.8 Å². The molecule has 1 saturated carbocycles. The summed E-state index contributed by atoms with van der Waals surface area (Å²) in [6, 6.07) is 1.10. The zero-order valence-corrected chi connectivity index (χ0v) is 17.3. The first-order chi connectivity index (χ1) is 13.4. The molecule has 9 heteroatoms. The maximum absolute atomic E-state index is 13.7. The Bertz CT molecular complexity index is 865. The van der Waals surface area contributed by atoms with E-state index in [9.17, 15) is 13.6 Å². The molecule has 2 atom stereocenters. The highest BCUT2D eigenvalue weighted by atomic mass is 19.3. The minimum Gasteiger partial charge on any atom is -0.444 e. The number of hydrogen-bond acceptors (Lipinski definition) is 5. The number of carbonyl (C=O) groups excluding carboxylic acids is 1. The molecule has 2 heterocycles. The Balaban J connectivity index is 1.89. The number of ether oxygens (including phenoxy) is 1. The van der Waals surface area contributed by atoms with Crippen molar-refractivity contribution in [2.45, 2.75) is 77.0 Å². The predicted molar refractivity (Wildman–Crippen MR) is 105 cm³/mol. The molecule has 1 aliphatic rings. The lowest BCUT2D eigenvalue weighted by atomic mass is 9.81. The number of rotatable bonds is 4. The van der Waals surface area contributed by atoms with Gasteiger partial charge in [-0.15, -0.1) is 0 Å². The third-order valence-electron chi connectivity index (χ3n) is 5.11. The summed E-state index contributed by atoms with van der Waals surface area (Å²) in [4.78, 5) is 17.0. The van der Waals surface area contributed by atoms with E-state index in [4.69, 9.17) is 10.5 Å². The largest absolute Gasteiger partial charge is 0.444 e. The van der Waals surface area contributed by atoms with Crippen LogP contribution in [-0.2, 0) is 4.74 Å². The predicted octanol–water partition coefficient (Wildman–Crippen LogP) is 4.14. The summed E-state index contributed by atoms with van der Waals surface area (Å²) in [5.41, 5.74) is 7.25. The smallest absolute Gasteiger partial charge is 0.408 e. The van der Waals surface area contributed by atoms with Crippen LogP contribution in [0.2, 0.25) is 0 Å². The summed E-state index contributed by atoms with van der Waals surface area (Å²) >= 11 is 0. The summed E-state index contributed by atoms with van der Waals surface area (Å²) in [6.07, 6.45) is 2.96. The summed E-state index contributed by atoms with van der Waals surface area (Å²) in [5, 5.41) is 7.17. The first-order valence-electron chi connectivity index (χ1n) is 9.92. The number of alkyl carbamates (subject to hydrolysis) is 1. The van der Waals surface area contributed by atoms with E-state index in [1.165, 1.54) is 0 Å². The van der Waals surface area contributed by atoms with Gasteiger partial charge in [0.05, 0.1) is 24.1 Å². The molecule has 0 aromatic carbocycles. The Morgan fingerprint density at radius 2 is 2.03 bits per heavy atom. The Kier molecular flexibility index (Phi) is 5.80. The molecule has 7 nitrogen and oxygen atoms in total. The molecule has 2 aromatic rings. The van der Waals surface area contributed by atoms with Gasteiger partial charge < -0.3 is 15.8 Å². The van der Waals surface area contributed by atoms with E-state index in [1.807, 2.05) is 13.0 Å². The highest BCUT2D eigenvalue weighted by Gasteiger charge is 2.39. The van der Waals surface area contributed by atoms with Gasteiger partial charge in [-0.3, -0.25) is 0 Å². The van der Waals surface area contributed by atoms with E-state index in [0.717, 1.165) is 5.56 Å². The van der Waals surface area contributed by atoms with Crippen molar-refractivity contribution in [1.29, 1.82) is 0 Å². The van der Waals surface area contributed by atoms with E-state index >= 15 is 0 Å². The van der Waals surface area contributed by atoms with Crippen LogP contribution in [0.4, 0.5) is 13.6 Å². The van der Waals surface area contributed by atoms with Crippen LogP contribution < -0.4 is 11.1 Å². The molecule has 3 N–H and O–H groups in total. The first-order valence-corrected chi connectivity index (χ1v) is 9.92. The number of fused-ring (bicyclic) bond motifs is 1. The molecule has 0 spiro atoms. The Morgan fingerprint density at radius 3 is 2.62 bits per heavy atom. The number of nitrogens with zero attached hydrogens (tertiary/aromatic N) is 3. The standard InChI is InChI=1S/C20H29F2N5O2/c1-12(23)14-9-16-25-15(11-27(16)24-10-14)17(26-18(28)29-19(2,3)4)13-5-7-20(21,22)8-6-13/h9-13,17H,5-8,23H2,1-4H3,(H,26,28)/t12-,17+/m1/s1. The number of imidazole rings is 1. The molecule has 1 amide bonds. The van der Waals surface area contributed by atoms with Gasteiger partial charge in [-0.25, -0.2) is 23.1 Å². The minimum atomic E-state index is -2.65. The average molecular weight is 409 g/mol. The third kappa shape index (κ3) is 5.41. The number of amides is 1. The number of aromatic nitrogens is 3. The fraction of sp³-hybridized carbons (Fsp3) is 0.650. The van der Waals surface area contributed by atoms with E-state index < -0.39 is 23.7 Å². The lowest BCUT2D eigenvalue weighted by Crippen LogP contribution is -2.40. The van der Waals surface area contributed by atoms with E-state index in [0.29, 0.717) is 24.2 Å². The van der Waals surface area contributed by atoms with Crippen molar-refractivity contribution in [1.82, 2.24) is 19.9 Å². The van der Waals surface area contributed by atoms with Crippen molar-refractivity contribution in [3.63, 3.8) is 0 Å². The number of alkyl halides is 2. The van der Waals surface area contributed by atoms with Crippen LogP contribution >= 0.6 is 0 Å². The second-order valence-corrected chi connectivity index (χ2v) is 8.86. The molecule has 0 bridgehead atoms. The number of carbonyl (C=O) groups is 1. The molecule has 0 saturated heterocycles. The molecule has 1 fully saturated rings. The Morgan fingerprint density at radius 1 is 1.38 bits per heavy atom. The fourth-order valence-electron chi connectivity index (χ4n) is 3.57. The van der Waals surface area contributed by atoms with Crippen molar-refractivity contribution in [2.75, 3.05) is 0 Å². The third-order valence-corrected chi connectivity index (χ3v) is 5.11. The molecule has 0 aliphatic heterocycles. The fourth-order valence-corrected chi connectivity index (χ4v) is 3.57. The van der Waals surface area contributed by atoms with E-state index in [2.05, 4.69) is 15.4 Å². The number of nitrogens with one attached hydrogen (secondary N) is 1. The van der Waals surface area contributed by atoms with Gasteiger partial charge in [-0.2, -0.15) is 5.10 Å². The van der Waals surface area contributed by atoms with Gasteiger partial charge in [0.1, 0.15) is 5.60 Å². The lowest BCUT2D eigenvalue weighted by molar-refractivity contribution is -0.0500. The van der Waals surface area contributed by atoms with Crippen molar-refractivity contribution < 1.29 is 18.3 Å². The molecule has 160 valence electrons. The average Bonchev–Trinajstić information content (AvgIpc) is 3.01. The second kappa shape index (κ2) is 7.85. The SMILES string of the molecule is C[C@@H](N)c1cnn2cc([C@@H](NC(=O)OC(C)(C)C)C3CCC(F)(F)CC3)nc2c1. The molecule has 0 unspecified atom stereocenters. The summed E-state index contributed by atoms with van der Waals surface area (Å²) in [7, 11) is 0. The van der Waals surface area contributed by atoms with Crippen LogP contribution in [0.25, 0.3) is 5.65 Å². The Hall–Kier alpha value is -2.29. The van der Waals surface area contributed by atoms with E-state index in [1.54, 1.807) is 37.7 Å². The van der Waals surface area contributed by atoms with Gasteiger partial charge in [-0.1, -0.05) is 0 Å². The van der Waals surface area contributed by atoms with Gasteiger partial charge in [0.25, 0.3) is 0 Å². The summed E-state index contributed by atoms with van der Waals surface area (Å²) in [5.74, 6) is -2.82. The monoisotopic (exact) mass is 409 g/mol. The lowest BCUT2D eigenvalue weighted by Gasteiger charge is -2.33. The molecule has 0 radical (unpaired) electrons. The first kappa shape index (κ1) is 21.4. The zero-order valence-electron chi connectivity index (χ0n) is 17.3. The molecular formula is C20H29F2N5O2. The molecule has 3 rings (SSSR count). The quantitative estimate of drug-likeness (QED) is 0.791. The highest BCUT2D eigenvalue weighted by molar-refractivity contribution is 5.68. The van der Waals surface area contributed by atoms with Crippen LogP contribution in [0.1, 0.15) is 76.7 Å². The van der Waals surface area contributed by atoms with Gasteiger partial charge in [0, 0.05) is 18.9 Å². The van der Waals surface area contributed by atoms with Crippen LogP contribution in [0.5, 0.6) is 0 Å². The Labute approximate surface area is 169 Å². The maximum atomic E-state index is 13.7. The van der Waals surface area contributed by atoms with Crippen molar-refractivity contribution >= 4 is 11.7 Å². The van der Waals surface area contributed by atoms with Crippen molar-refractivity contribution in [3.8, 4) is 0 Å². The normalized spacial score (nSPS) is 19.7. The molecule has 2 aromatic heterocycles. The van der Waals surface area contributed by atoms with Crippen LogP contribution in [-0.4, -0.2) is 32.2 Å². The summed E-state index contributed by atoms with van der Waals surface area (Å²) < 4.78 is 34.3. The number of hydrogen-bond donors (Lipinski definition) is 2. The minimum absolute atomic E-state index is 0.167. The molecular weight excluding hydrogens is 380 g/mol. The van der Waals surface area contributed by atoms with Crippen LogP contribution in [0, 0.1) is 5.92 Å². The second-order valence-electron chi connectivity index (χ2n) is 8.86.